The summed E-state index contributed by atoms with van der Waals surface area (Å²) >= 11 is 0. The Bertz CT molecular complexity index is 643. The topological polar surface area (TPSA) is 52.6 Å². The minimum Gasteiger partial charge on any atom is -0.508 e. The molecule has 0 bridgehead atoms. The van der Waals surface area contributed by atoms with Gasteiger partial charge in [0.1, 0.15) is 5.75 Å². The maximum absolute atomic E-state index is 12.2. The highest BCUT2D eigenvalue weighted by Crippen LogP contribution is 2.22. The Hall–Kier alpha value is -2.33. The van der Waals surface area contributed by atoms with Crippen LogP contribution in [0.2, 0.25) is 0 Å². The number of rotatable bonds is 6. The number of hydrogen-bond donors (Lipinski definition) is 2. The minimum atomic E-state index is -0.0202. The lowest BCUT2D eigenvalue weighted by molar-refractivity contribution is -0.123. The number of phenols is 1. The van der Waals surface area contributed by atoms with Crippen LogP contribution in [0.15, 0.2) is 54.6 Å². The van der Waals surface area contributed by atoms with E-state index < -0.39 is 0 Å². The Kier molecular flexibility index (Phi) is 5.77. The molecule has 0 saturated carbocycles. The van der Waals surface area contributed by atoms with Crippen LogP contribution in [0, 0.1) is 0 Å². The lowest BCUT2D eigenvalue weighted by Gasteiger charge is -2.25. The summed E-state index contributed by atoms with van der Waals surface area (Å²) in [7, 11) is 1.90. The van der Waals surface area contributed by atoms with Gasteiger partial charge in [-0.1, -0.05) is 42.5 Å². The quantitative estimate of drug-likeness (QED) is 0.861. The Labute approximate surface area is 137 Å². The molecule has 4 heteroatoms. The third-order valence-electron chi connectivity index (χ3n) is 4.08. The largest absolute Gasteiger partial charge is 0.508 e. The fourth-order valence-electron chi connectivity index (χ4n) is 2.51. The molecule has 0 heterocycles. The third-order valence-corrected chi connectivity index (χ3v) is 4.08. The molecular weight excluding hydrogens is 288 g/mol. The first-order valence-corrected chi connectivity index (χ1v) is 7.81. The molecule has 0 aliphatic heterocycles. The number of likely N-dealkylation sites (N-methyl/N-ethyl adjacent to an activating group) is 1. The SMILES string of the molecule is CC(c1cccc(O)c1)N(C)CC(=O)N[C@H](C)c1ccccc1. The van der Waals surface area contributed by atoms with Gasteiger partial charge >= 0.3 is 0 Å². The van der Waals surface area contributed by atoms with Crippen LogP contribution in [0.4, 0.5) is 0 Å². The smallest absolute Gasteiger partial charge is 0.234 e. The summed E-state index contributed by atoms with van der Waals surface area (Å²) in [6, 6.07) is 17.1. The number of nitrogens with one attached hydrogen (secondary N) is 1. The van der Waals surface area contributed by atoms with E-state index in [-0.39, 0.29) is 23.7 Å². The zero-order valence-corrected chi connectivity index (χ0v) is 13.9. The lowest BCUT2D eigenvalue weighted by Crippen LogP contribution is -2.37. The number of nitrogens with zero attached hydrogens (tertiary/aromatic N) is 1. The number of aromatic hydroxyl groups is 1. The van der Waals surface area contributed by atoms with Crippen LogP contribution in [0.3, 0.4) is 0 Å². The molecule has 0 saturated heterocycles. The van der Waals surface area contributed by atoms with E-state index in [4.69, 9.17) is 0 Å². The molecule has 0 fully saturated rings. The van der Waals surface area contributed by atoms with Gasteiger partial charge in [0, 0.05) is 6.04 Å². The van der Waals surface area contributed by atoms with Crippen molar-refractivity contribution in [1.82, 2.24) is 10.2 Å². The van der Waals surface area contributed by atoms with Gasteiger partial charge in [0.05, 0.1) is 12.6 Å². The second-order valence-corrected chi connectivity index (χ2v) is 5.89. The molecule has 1 unspecified atom stereocenters. The summed E-state index contributed by atoms with van der Waals surface area (Å²) in [6.07, 6.45) is 0. The van der Waals surface area contributed by atoms with Gasteiger partial charge < -0.3 is 10.4 Å². The second kappa shape index (κ2) is 7.79. The normalized spacial score (nSPS) is 13.6. The van der Waals surface area contributed by atoms with Crippen molar-refractivity contribution in [2.45, 2.75) is 25.9 Å². The van der Waals surface area contributed by atoms with Crippen LogP contribution >= 0.6 is 0 Å². The van der Waals surface area contributed by atoms with Gasteiger partial charge in [-0.25, -0.2) is 0 Å². The van der Waals surface area contributed by atoms with Crippen molar-refractivity contribution in [3.63, 3.8) is 0 Å². The molecule has 2 aromatic carbocycles. The second-order valence-electron chi connectivity index (χ2n) is 5.89. The van der Waals surface area contributed by atoms with E-state index in [1.807, 2.05) is 68.3 Å². The number of benzene rings is 2. The fraction of sp³-hybridized carbons (Fsp3) is 0.316. The molecule has 0 aliphatic carbocycles. The minimum absolute atomic E-state index is 0.0177. The van der Waals surface area contributed by atoms with Crippen molar-refractivity contribution >= 4 is 5.91 Å². The Morgan fingerprint density at radius 2 is 1.74 bits per heavy atom. The van der Waals surface area contributed by atoms with E-state index in [0.29, 0.717) is 6.54 Å². The molecule has 23 heavy (non-hydrogen) atoms. The first kappa shape index (κ1) is 17.0. The third kappa shape index (κ3) is 4.83. The maximum Gasteiger partial charge on any atom is 0.234 e. The van der Waals surface area contributed by atoms with Crippen molar-refractivity contribution < 1.29 is 9.90 Å². The molecule has 0 spiro atoms. The summed E-state index contributed by atoms with van der Waals surface area (Å²) in [5, 5.41) is 12.6. The molecule has 1 amide bonds. The van der Waals surface area contributed by atoms with Gasteiger partial charge in [-0.15, -0.1) is 0 Å². The van der Waals surface area contributed by atoms with E-state index in [0.717, 1.165) is 11.1 Å². The number of amides is 1. The molecular formula is C19H24N2O2. The van der Waals surface area contributed by atoms with E-state index in [2.05, 4.69) is 5.32 Å². The van der Waals surface area contributed by atoms with Gasteiger partial charge in [-0.2, -0.15) is 0 Å². The van der Waals surface area contributed by atoms with Crippen molar-refractivity contribution in [3.05, 3.63) is 65.7 Å². The average Bonchev–Trinajstić information content (AvgIpc) is 2.54. The van der Waals surface area contributed by atoms with Gasteiger partial charge in [-0.05, 0) is 44.2 Å². The standard InChI is InChI=1S/C19H24N2O2/c1-14(16-8-5-4-6-9-16)20-19(23)13-21(3)15(2)17-10-7-11-18(22)12-17/h4-12,14-15,22H,13H2,1-3H3,(H,20,23)/t14-,15?/m1/s1. The Morgan fingerprint density at radius 3 is 2.39 bits per heavy atom. The molecule has 0 radical (unpaired) electrons. The molecule has 0 aliphatic rings. The summed E-state index contributed by atoms with van der Waals surface area (Å²) in [4.78, 5) is 14.2. The summed E-state index contributed by atoms with van der Waals surface area (Å²) < 4.78 is 0. The lowest BCUT2D eigenvalue weighted by atomic mass is 10.1. The molecule has 4 nitrogen and oxygen atoms in total. The van der Waals surface area contributed by atoms with Gasteiger partial charge in [0.15, 0.2) is 0 Å². The summed E-state index contributed by atoms with van der Waals surface area (Å²) in [5.74, 6) is 0.223. The van der Waals surface area contributed by atoms with Crippen LogP contribution in [-0.4, -0.2) is 29.5 Å². The molecule has 2 aromatic rings. The number of carbonyl (C=O) groups is 1. The van der Waals surface area contributed by atoms with Crippen molar-refractivity contribution in [2.75, 3.05) is 13.6 Å². The summed E-state index contributed by atoms with van der Waals surface area (Å²) in [6.45, 7) is 4.29. The van der Waals surface area contributed by atoms with Crippen LogP contribution < -0.4 is 5.32 Å². The highest BCUT2D eigenvalue weighted by atomic mass is 16.3. The zero-order chi connectivity index (χ0) is 16.8. The monoisotopic (exact) mass is 312 g/mol. The molecule has 122 valence electrons. The fourth-order valence-corrected chi connectivity index (χ4v) is 2.51. The molecule has 2 atom stereocenters. The van der Waals surface area contributed by atoms with E-state index in [1.54, 1.807) is 12.1 Å². The van der Waals surface area contributed by atoms with Gasteiger partial charge in [0.25, 0.3) is 0 Å². The van der Waals surface area contributed by atoms with E-state index in [9.17, 15) is 9.90 Å². The van der Waals surface area contributed by atoms with Crippen LogP contribution in [0.25, 0.3) is 0 Å². The van der Waals surface area contributed by atoms with E-state index >= 15 is 0 Å². The molecule has 2 rings (SSSR count). The van der Waals surface area contributed by atoms with Crippen molar-refractivity contribution in [2.24, 2.45) is 0 Å². The molecule has 2 N–H and O–H groups in total. The summed E-state index contributed by atoms with van der Waals surface area (Å²) in [5.41, 5.74) is 2.07. The number of phenolic OH excluding ortho intramolecular Hbond substituents is 1. The van der Waals surface area contributed by atoms with Crippen molar-refractivity contribution in [3.8, 4) is 5.75 Å². The predicted molar refractivity (Wildman–Crippen MR) is 92.2 cm³/mol. The first-order chi connectivity index (χ1) is 11.0. The van der Waals surface area contributed by atoms with Gasteiger partial charge in [0.2, 0.25) is 5.91 Å². The van der Waals surface area contributed by atoms with Gasteiger partial charge in [-0.3, -0.25) is 9.69 Å². The number of hydrogen-bond acceptors (Lipinski definition) is 3. The maximum atomic E-state index is 12.2. The van der Waals surface area contributed by atoms with E-state index in [1.165, 1.54) is 0 Å². The zero-order valence-electron chi connectivity index (χ0n) is 13.9. The Balaban J connectivity index is 1.91. The molecule has 0 aromatic heterocycles. The number of carbonyl (C=O) groups excluding carboxylic acids is 1. The highest BCUT2D eigenvalue weighted by Gasteiger charge is 2.16. The van der Waals surface area contributed by atoms with Crippen LogP contribution in [0.5, 0.6) is 5.75 Å². The Morgan fingerprint density at radius 1 is 1.09 bits per heavy atom. The predicted octanol–water partition coefficient (Wildman–Crippen LogP) is 3.26. The van der Waals surface area contributed by atoms with Crippen LogP contribution in [-0.2, 0) is 4.79 Å². The van der Waals surface area contributed by atoms with Crippen LogP contribution in [0.1, 0.15) is 37.1 Å². The highest BCUT2D eigenvalue weighted by molar-refractivity contribution is 5.78. The van der Waals surface area contributed by atoms with Crippen molar-refractivity contribution in [1.29, 1.82) is 0 Å². The average molecular weight is 312 g/mol. The first-order valence-electron chi connectivity index (χ1n) is 7.81.